The molecule has 0 atom stereocenters. The SMILES string of the molecule is CC(C)(C)OC(=O)COC/C=C/C=O. The number of ether oxygens (including phenoxy) is 2. The van der Waals surface area contributed by atoms with Crippen molar-refractivity contribution < 1.29 is 19.1 Å². The van der Waals surface area contributed by atoms with Crippen LogP contribution in [-0.4, -0.2) is 31.1 Å². The Labute approximate surface area is 83.9 Å². The first-order chi connectivity index (χ1) is 6.45. The van der Waals surface area contributed by atoms with Crippen LogP contribution < -0.4 is 0 Å². The van der Waals surface area contributed by atoms with Crippen LogP contribution in [0.5, 0.6) is 0 Å². The predicted octanol–water partition coefficient (Wildman–Crippen LogP) is 1.10. The van der Waals surface area contributed by atoms with Crippen LogP contribution in [0.3, 0.4) is 0 Å². The van der Waals surface area contributed by atoms with Crippen molar-refractivity contribution in [2.45, 2.75) is 26.4 Å². The quantitative estimate of drug-likeness (QED) is 0.288. The van der Waals surface area contributed by atoms with E-state index < -0.39 is 11.6 Å². The van der Waals surface area contributed by atoms with Gasteiger partial charge in [0.25, 0.3) is 0 Å². The van der Waals surface area contributed by atoms with Crippen molar-refractivity contribution in [2.75, 3.05) is 13.2 Å². The Morgan fingerprint density at radius 3 is 2.50 bits per heavy atom. The zero-order valence-corrected chi connectivity index (χ0v) is 8.78. The van der Waals surface area contributed by atoms with Gasteiger partial charge in [0.2, 0.25) is 0 Å². The summed E-state index contributed by atoms with van der Waals surface area (Å²) in [5, 5.41) is 0. The average molecular weight is 200 g/mol. The smallest absolute Gasteiger partial charge is 0.332 e. The second kappa shape index (κ2) is 6.32. The van der Waals surface area contributed by atoms with Gasteiger partial charge < -0.3 is 9.47 Å². The molecule has 0 aliphatic rings. The summed E-state index contributed by atoms with van der Waals surface area (Å²) in [5.41, 5.74) is -0.487. The first-order valence-electron chi connectivity index (χ1n) is 4.35. The lowest BCUT2D eigenvalue weighted by Crippen LogP contribution is -2.26. The first-order valence-corrected chi connectivity index (χ1v) is 4.35. The number of rotatable bonds is 5. The Morgan fingerprint density at radius 2 is 2.00 bits per heavy atom. The van der Waals surface area contributed by atoms with E-state index in [-0.39, 0.29) is 13.2 Å². The van der Waals surface area contributed by atoms with Crippen molar-refractivity contribution in [2.24, 2.45) is 0 Å². The highest BCUT2D eigenvalue weighted by atomic mass is 16.6. The molecule has 0 N–H and O–H groups in total. The molecule has 0 aromatic carbocycles. The van der Waals surface area contributed by atoms with Crippen molar-refractivity contribution in [1.82, 2.24) is 0 Å². The second-order valence-corrected chi connectivity index (χ2v) is 3.67. The molecular formula is C10H16O4. The summed E-state index contributed by atoms with van der Waals surface area (Å²) in [5.74, 6) is -0.406. The molecule has 0 spiro atoms. The van der Waals surface area contributed by atoms with E-state index in [1.165, 1.54) is 12.2 Å². The Morgan fingerprint density at radius 1 is 1.36 bits per heavy atom. The lowest BCUT2D eigenvalue weighted by molar-refractivity contribution is -0.159. The molecule has 0 fully saturated rings. The van der Waals surface area contributed by atoms with Gasteiger partial charge in [0.15, 0.2) is 0 Å². The topological polar surface area (TPSA) is 52.6 Å². The fourth-order valence-corrected chi connectivity index (χ4v) is 0.692. The molecular weight excluding hydrogens is 184 g/mol. The monoisotopic (exact) mass is 200 g/mol. The van der Waals surface area contributed by atoms with Gasteiger partial charge in [-0.2, -0.15) is 0 Å². The third kappa shape index (κ3) is 8.93. The maximum absolute atomic E-state index is 11.1. The molecule has 0 radical (unpaired) electrons. The number of hydrogen-bond acceptors (Lipinski definition) is 4. The zero-order chi connectivity index (χ0) is 11.0. The molecule has 80 valence electrons. The average Bonchev–Trinajstić information content (AvgIpc) is 2.00. The minimum absolute atomic E-state index is 0.0968. The molecule has 0 aromatic rings. The molecule has 0 aliphatic carbocycles. The van der Waals surface area contributed by atoms with Crippen molar-refractivity contribution >= 4 is 12.3 Å². The highest BCUT2D eigenvalue weighted by Gasteiger charge is 2.15. The third-order valence-corrected chi connectivity index (χ3v) is 1.07. The number of esters is 1. The van der Waals surface area contributed by atoms with Crippen molar-refractivity contribution in [3.8, 4) is 0 Å². The lowest BCUT2D eigenvalue weighted by Gasteiger charge is -2.19. The van der Waals surface area contributed by atoms with Gasteiger partial charge in [-0.1, -0.05) is 6.08 Å². The summed E-state index contributed by atoms with van der Waals surface area (Å²) >= 11 is 0. The third-order valence-electron chi connectivity index (χ3n) is 1.07. The van der Waals surface area contributed by atoms with Crippen LogP contribution in [0.2, 0.25) is 0 Å². The second-order valence-electron chi connectivity index (χ2n) is 3.67. The van der Waals surface area contributed by atoms with Crippen molar-refractivity contribution in [3.63, 3.8) is 0 Å². The predicted molar refractivity (Wildman–Crippen MR) is 51.9 cm³/mol. The van der Waals surface area contributed by atoms with Crippen molar-refractivity contribution in [3.05, 3.63) is 12.2 Å². The normalized spacial score (nSPS) is 11.6. The van der Waals surface area contributed by atoms with E-state index in [4.69, 9.17) is 9.47 Å². The first kappa shape index (κ1) is 12.8. The van der Waals surface area contributed by atoms with E-state index in [9.17, 15) is 9.59 Å². The summed E-state index contributed by atoms with van der Waals surface area (Å²) in [6.45, 7) is 5.50. The molecule has 14 heavy (non-hydrogen) atoms. The number of aldehydes is 1. The molecule has 0 rings (SSSR count). The van der Waals surface area contributed by atoms with E-state index in [1.807, 2.05) is 0 Å². The van der Waals surface area contributed by atoms with Crippen LogP contribution in [-0.2, 0) is 19.1 Å². The Bertz CT molecular complexity index is 213. The molecule has 4 nitrogen and oxygen atoms in total. The van der Waals surface area contributed by atoms with Gasteiger partial charge in [0.1, 0.15) is 18.5 Å². The van der Waals surface area contributed by atoms with Crippen LogP contribution in [0.1, 0.15) is 20.8 Å². The number of carbonyl (C=O) groups excluding carboxylic acids is 2. The largest absolute Gasteiger partial charge is 0.458 e. The summed E-state index contributed by atoms with van der Waals surface area (Å²) in [7, 11) is 0. The Kier molecular flexibility index (Phi) is 5.79. The van der Waals surface area contributed by atoms with Crippen LogP contribution in [0.15, 0.2) is 12.2 Å². The Hall–Kier alpha value is -1.16. The minimum Gasteiger partial charge on any atom is -0.458 e. The number of allylic oxidation sites excluding steroid dienone is 1. The lowest BCUT2D eigenvalue weighted by atomic mass is 10.2. The van der Waals surface area contributed by atoms with Gasteiger partial charge in [-0.3, -0.25) is 4.79 Å². The molecule has 0 amide bonds. The van der Waals surface area contributed by atoms with Gasteiger partial charge in [-0.05, 0) is 26.8 Å². The summed E-state index contributed by atoms with van der Waals surface area (Å²) in [6, 6.07) is 0. The van der Waals surface area contributed by atoms with Crippen LogP contribution in [0, 0.1) is 0 Å². The molecule has 0 saturated heterocycles. The molecule has 0 saturated carbocycles. The maximum atomic E-state index is 11.1. The summed E-state index contributed by atoms with van der Waals surface area (Å²) in [4.78, 5) is 20.9. The fraction of sp³-hybridized carbons (Fsp3) is 0.600. The van der Waals surface area contributed by atoms with Gasteiger partial charge in [-0.25, -0.2) is 4.79 Å². The van der Waals surface area contributed by atoms with Gasteiger partial charge in [0.05, 0.1) is 6.61 Å². The van der Waals surface area contributed by atoms with Crippen molar-refractivity contribution in [1.29, 1.82) is 0 Å². The molecule has 0 bridgehead atoms. The van der Waals surface area contributed by atoms with E-state index in [2.05, 4.69) is 0 Å². The van der Waals surface area contributed by atoms with E-state index in [1.54, 1.807) is 20.8 Å². The molecule has 0 heterocycles. The summed E-state index contributed by atoms with van der Waals surface area (Å²) in [6.07, 6.45) is 3.49. The van der Waals surface area contributed by atoms with Crippen LogP contribution in [0.25, 0.3) is 0 Å². The van der Waals surface area contributed by atoms with Gasteiger partial charge in [-0.15, -0.1) is 0 Å². The highest BCUT2D eigenvalue weighted by Crippen LogP contribution is 2.06. The zero-order valence-electron chi connectivity index (χ0n) is 8.78. The number of carbonyl (C=O) groups is 2. The molecule has 4 heteroatoms. The van der Waals surface area contributed by atoms with Gasteiger partial charge in [0, 0.05) is 0 Å². The molecule has 0 unspecified atom stereocenters. The van der Waals surface area contributed by atoms with Gasteiger partial charge >= 0.3 is 5.97 Å². The van der Waals surface area contributed by atoms with E-state index in [0.29, 0.717) is 6.29 Å². The summed E-state index contributed by atoms with van der Waals surface area (Å²) < 4.78 is 9.91. The van der Waals surface area contributed by atoms with E-state index >= 15 is 0 Å². The van der Waals surface area contributed by atoms with Crippen LogP contribution >= 0.6 is 0 Å². The van der Waals surface area contributed by atoms with Crippen LogP contribution in [0.4, 0.5) is 0 Å². The Balaban J connectivity index is 3.55. The molecule has 0 aromatic heterocycles. The van der Waals surface area contributed by atoms with E-state index in [0.717, 1.165) is 0 Å². The minimum atomic E-state index is -0.487. The number of hydrogen-bond donors (Lipinski definition) is 0. The fourth-order valence-electron chi connectivity index (χ4n) is 0.692. The highest BCUT2D eigenvalue weighted by molar-refractivity contribution is 5.71. The maximum Gasteiger partial charge on any atom is 0.332 e. The standard InChI is InChI=1S/C10H16O4/c1-10(2,3)14-9(12)8-13-7-5-4-6-11/h4-6H,7-8H2,1-3H3/b5-4+. The molecule has 0 aliphatic heterocycles.